The van der Waals surface area contributed by atoms with Crippen LogP contribution in [0.3, 0.4) is 0 Å². The van der Waals surface area contributed by atoms with Crippen molar-refractivity contribution in [3.05, 3.63) is 12.2 Å². The van der Waals surface area contributed by atoms with Gasteiger partial charge >= 0.3 is 5.97 Å². The Morgan fingerprint density at radius 2 is 1.69 bits per heavy atom. The minimum absolute atomic E-state index is 0.0533. The van der Waals surface area contributed by atoms with Crippen molar-refractivity contribution in [3.8, 4) is 0 Å². The quantitative estimate of drug-likeness (QED) is 0.248. The molecule has 1 saturated carbocycles. The van der Waals surface area contributed by atoms with Crippen LogP contribution in [0.4, 0.5) is 0 Å². The number of unbranched alkanes of at least 4 members (excludes halogenated alkanes) is 7. The molecule has 0 heterocycles. The van der Waals surface area contributed by atoms with Gasteiger partial charge in [-0.2, -0.15) is 0 Å². The van der Waals surface area contributed by atoms with Crippen molar-refractivity contribution in [2.24, 2.45) is 11.8 Å². The molecule has 1 rings (SSSR count). The highest BCUT2D eigenvalue weighted by Crippen LogP contribution is 2.37. The van der Waals surface area contributed by atoms with Crippen LogP contribution in [-0.4, -0.2) is 47.2 Å². The summed E-state index contributed by atoms with van der Waals surface area (Å²) in [5.41, 5.74) is 0. The Labute approximate surface area is 158 Å². The Morgan fingerprint density at radius 1 is 1.00 bits per heavy atom. The van der Waals surface area contributed by atoms with Crippen molar-refractivity contribution in [1.29, 1.82) is 0 Å². The predicted molar refractivity (Wildman–Crippen MR) is 103 cm³/mol. The normalized spacial score (nSPS) is 25.8. The molecule has 0 spiro atoms. The number of aliphatic hydroxyl groups is 3. The summed E-state index contributed by atoms with van der Waals surface area (Å²) in [6, 6.07) is 0. The number of carbonyl (C=O) groups excluding carboxylic acids is 1. The number of aliphatic hydroxyl groups excluding tert-OH is 3. The fraction of sp³-hybridized carbons (Fsp3) is 0.857. The minimum Gasteiger partial charge on any atom is -0.469 e. The van der Waals surface area contributed by atoms with Crippen LogP contribution in [0.2, 0.25) is 0 Å². The van der Waals surface area contributed by atoms with E-state index in [1.54, 1.807) is 0 Å². The first-order chi connectivity index (χ1) is 12.6. The number of methoxy groups -OCH3 is 1. The van der Waals surface area contributed by atoms with Crippen LogP contribution in [0.5, 0.6) is 0 Å². The second kappa shape index (κ2) is 14.2. The van der Waals surface area contributed by atoms with Gasteiger partial charge in [-0.3, -0.25) is 4.79 Å². The second-order valence-electron chi connectivity index (χ2n) is 7.50. The first kappa shape index (κ1) is 23.1. The highest BCUT2D eigenvalue weighted by Gasteiger charge is 2.39. The molecule has 3 N–H and O–H groups in total. The number of carbonyl (C=O) groups is 1. The van der Waals surface area contributed by atoms with Gasteiger partial charge in [-0.25, -0.2) is 0 Å². The third kappa shape index (κ3) is 9.15. The molecule has 0 saturated heterocycles. The zero-order valence-corrected chi connectivity index (χ0v) is 16.3. The second-order valence-corrected chi connectivity index (χ2v) is 7.50. The lowest BCUT2D eigenvalue weighted by atomic mass is 9.88. The van der Waals surface area contributed by atoms with Crippen molar-refractivity contribution in [3.63, 3.8) is 0 Å². The fourth-order valence-corrected chi connectivity index (χ4v) is 3.86. The third-order valence-electron chi connectivity index (χ3n) is 5.45. The van der Waals surface area contributed by atoms with Crippen molar-refractivity contribution < 1.29 is 24.9 Å². The van der Waals surface area contributed by atoms with Gasteiger partial charge in [0, 0.05) is 25.4 Å². The number of allylic oxidation sites excluding steroid dienone is 1. The summed E-state index contributed by atoms with van der Waals surface area (Å²) in [6.07, 6.45) is 14.3. The largest absolute Gasteiger partial charge is 0.469 e. The van der Waals surface area contributed by atoms with Crippen LogP contribution >= 0.6 is 0 Å². The van der Waals surface area contributed by atoms with Gasteiger partial charge < -0.3 is 20.1 Å². The monoisotopic (exact) mass is 370 g/mol. The topological polar surface area (TPSA) is 87.0 Å². The molecule has 5 heteroatoms. The molecular weight excluding hydrogens is 332 g/mol. The van der Waals surface area contributed by atoms with Crippen molar-refractivity contribution in [2.75, 3.05) is 13.7 Å². The smallest absolute Gasteiger partial charge is 0.305 e. The van der Waals surface area contributed by atoms with Crippen LogP contribution in [0.15, 0.2) is 12.2 Å². The Hall–Kier alpha value is -0.910. The molecule has 4 atom stereocenters. The summed E-state index contributed by atoms with van der Waals surface area (Å²) in [6.45, 7) is 0.270. The van der Waals surface area contributed by atoms with Gasteiger partial charge in [-0.05, 0) is 38.0 Å². The Balaban J connectivity index is 2.25. The van der Waals surface area contributed by atoms with E-state index in [-0.39, 0.29) is 24.4 Å². The average molecular weight is 371 g/mol. The van der Waals surface area contributed by atoms with Crippen molar-refractivity contribution in [1.82, 2.24) is 0 Å². The molecule has 0 aromatic heterocycles. The lowest BCUT2D eigenvalue weighted by Crippen LogP contribution is -2.20. The molecule has 0 unspecified atom stereocenters. The summed E-state index contributed by atoms with van der Waals surface area (Å²) < 4.78 is 4.63. The van der Waals surface area contributed by atoms with Gasteiger partial charge in [0.15, 0.2) is 0 Å². The van der Waals surface area contributed by atoms with Crippen molar-refractivity contribution in [2.45, 2.75) is 89.3 Å². The first-order valence-electron chi connectivity index (χ1n) is 10.3. The summed E-state index contributed by atoms with van der Waals surface area (Å²) in [5.74, 6) is 0.0367. The zero-order chi connectivity index (χ0) is 19.2. The maximum Gasteiger partial charge on any atom is 0.305 e. The minimum atomic E-state index is -0.444. The molecule has 1 aliphatic rings. The van der Waals surface area contributed by atoms with E-state index >= 15 is 0 Å². The van der Waals surface area contributed by atoms with E-state index in [1.807, 2.05) is 0 Å². The van der Waals surface area contributed by atoms with E-state index < -0.39 is 12.2 Å². The highest BCUT2D eigenvalue weighted by molar-refractivity contribution is 5.68. The van der Waals surface area contributed by atoms with Crippen LogP contribution in [0, 0.1) is 11.8 Å². The summed E-state index contributed by atoms with van der Waals surface area (Å²) in [5, 5.41) is 29.3. The zero-order valence-electron chi connectivity index (χ0n) is 16.3. The SMILES string of the molecule is COC(=O)CCCCCC[C@@H]1[C@H](C=CCCCCCCO)[C@H](O)C[C@@H]1O. The Morgan fingerprint density at radius 3 is 2.42 bits per heavy atom. The predicted octanol–water partition coefficient (Wildman–Crippen LogP) is 3.36. The van der Waals surface area contributed by atoms with Crippen molar-refractivity contribution >= 4 is 5.97 Å². The Kier molecular flexibility index (Phi) is 12.6. The van der Waals surface area contributed by atoms with Crippen LogP contribution < -0.4 is 0 Å². The molecule has 1 fully saturated rings. The molecular formula is C21H38O5. The number of rotatable bonds is 14. The molecule has 1 aliphatic carbocycles. The Bertz CT molecular complexity index is 396. The van der Waals surface area contributed by atoms with Gasteiger partial charge in [0.1, 0.15) is 0 Å². The highest BCUT2D eigenvalue weighted by atomic mass is 16.5. The number of esters is 1. The summed E-state index contributed by atoms with van der Waals surface area (Å²) in [4.78, 5) is 11.1. The summed E-state index contributed by atoms with van der Waals surface area (Å²) >= 11 is 0. The van der Waals surface area contributed by atoms with Crippen LogP contribution in [0.25, 0.3) is 0 Å². The van der Waals surface area contributed by atoms with Crippen LogP contribution in [-0.2, 0) is 9.53 Å². The lowest BCUT2D eigenvalue weighted by Gasteiger charge is -2.20. The molecule has 0 bridgehead atoms. The van der Waals surface area contributed by atoms with E-state index in [9.17, 15) is 15.0 Å². The molecule has 0 amide bonds. The van der Waals surface area contributed by atoms with Gasteiger partial charge in [0.05, 0.1) is 19.3 Å². The lowest BCUT2D eigenvalue weighted by molar-refractivity contribution is -0.140. The van der Waals surface area contributed by atoms with E-state index in [1.165, 1.54) is 7.11 Å². The maximum atomic E-state index is 11.1. The summed E-state index contributed by atoms with van der Waals surface area (Å²) in [7, 11) is 1.41. The van der Waals surface area contributed by atoms with E-state index in [0.717, 1.165) is 64.2 Å². The fourth-order valence-electron chi connectivity index (χ4n) is 3.86. The molecule has 26 heavy (non-hydrogen) atoms. The van der Waals surface area contributed by atoms with Gasteiger partial charge in [-0.15, -0.1) is 0 Å². The van der Waals surface area contributed by atoms with Gasteiger partial charge in [0.2, 0.25) is 0 Å². The van der Waals surface area contributed by atoms with Gasteiger partial charge in [0.25, 0.3) is 0 Å². The molecule has 0 aliphatic heterocycles. The maximum absolute atomic E-state index is 11.1. The van der Waals surface area contributed by atoms with E-state index in [0.29, 0.717) is 12.8 Å². The molecule has 0 aromatic carbocycles. The average Bonchev–Trinajstić information content (AvgIpc) is 2.90. The number of ether oxygens (including phenoxy) is 1. The molecule has 0 radical (unpaired) electrons. The first-order valence-corrected chi connectivity index (χ1v) is 10.3. The van der Waals surface area contributed by atoms with Crippen LogP contribution in [0.1, 0.15) is 77.0 Å². The third-order valence-corrected chi connectivity index (χ3v) is 5.45. The molecule has 0 aromatic rings. The number of hydrogen-bond acceptors (Lipinski definition) is 5. The molecule has 5 nitrogen and oxygen atoms in total. The standard InChI is InChI=1S/C21H38O5/c1-26-21(25)14-10-6-5-9-13-18-17(19(23)16-20(18)24)12-8-4-2-3-7-11-15-22/h8,12,17-20,22-24H,2-7,9-11,13-16H2,1H3/t17-,18+,19+,20-/m0/s1. The number of hydrogen-bond donors (Lipinski definition) is 3. The van der Waals surface area contributed by atoms with E-state index in [2.05, 4.69) is 16.9 Å². The van der Waals surface area contributed by atoms with Gasteiger partial charge in [-0.1, -0.05) is 44.3 Å². The molecule has 152 valence electrons. The van der Waals surface area contributed by atoms with E-state index in [4.69, 9.17) is 5.11 Å².